The third-order valence-electron chi connectivity index (χ3n) is 3.68. The van der Waals surface area contributed by atoms with Gasteiger partial charge in [0, 0.05) is 12.6 Å². The van der Waals surface area contributed by atoms with Crippen molar-refractivity contribution < 1.29 is 17.9 Å². The Hall–Kier alpha value is -0.950. The highest BCUT2D eigenvalue weighted by Crippen LogP contribution is 2.17. The second-order valence-electron chi connectivity index (χ2n) is 6.07. The lowest BCUT2D eigenvalue weighted by Gasteiger charge is -2.17. The summed E-state index contributed by atoms with van der Waals surface area (Å²) in [5.41, 5.74) is 1.12. The first kappa shape index (κ1) is 17.4. The maximum absolute atomic E-state index is 12.3. The van der Waals surface area contributed by atoms with E-state index in [1.165, 1.54) is 0 Å². The summed E-state index contributed by atoms with van der Waals surface area (Å²) in [5, 5.41) is 0. The second-order valence-corrected chi connectivity index (χ2v) is 7.78. The van der Waals surface area contributed by atoms with Gasteiger partial charge in [-0.05, 0) is 37.0 Å². The normalized spacial score (nSPS) is 20.5. The Bertz CT molecular complexity index is 562. The summed E-state index contributed by atoms with van der Waals surface area (Å²) in [7, 11) is -3.51. The summed E-state index contributed by atoms with van der Waals surface area (Å²) in [4.78, 5) is 0.285. The van der Waals surface area contributed by atoms with Gasteiger partial charge >= 0.3 is 0 Å². The number of benzene rings is 1. The number of nitrogens with one attached hydrogen (secondary N) is 1. The van der Waals surface area contributed by atoms with E-state index in [1.807, 2.05) is 12.1 Å². The van der Waals surface area contributed by atoms with E-state index in [1.54, 1.807) is 19.1 Å². The zero-order valence-corrected chi connectivity index (χ0v) is 14.2. The molecule has 22 heavy (non-hydrogen) atoms. The Morgan fingerprint density at radius 2 is 1.95 bits per heavy atom. The number of rotatable bonds is 7. The first-order chi connectivity index (χ1) is 10.4. The largest absolute Gasteiger partial charge is 0.379 e. The number of hydrogen-bond donors (Lipinski definition) is 1. The minimum absolute atomic E-state index is 0.0808. The summed E-state index contributed by atoms with van der Waals surface area (Å²) in [6.07, 6.45) is 0.952. The maximum Gasteiger partial charge on any atom is 0.240 e. The second kappa shape index (κ2) is 7.55. The molecule has 1 aromatic carbocycles. The van der Waals surface area contributed by atoms with Crippen molar-refractivity contribution in [1.29, 1.82) is 0 Å². The monoisotopic (exact) mass is 327 g/mol. The average Bonchev–Trinajstić information content (AvgIpc) is 2.98. The molecule has 1 heterocycles. The van der Waals surface area contributed by atoms with Crippen molar-refractivity contribution in [2.24, 2.45) is 0 Å². The van der Waals surface area contributed by atoms with Gasteiger partial charge in [0.1, 0.15) is 0 Å². The topological polar surface area (TPSA) is 64.6 Å². The van der Waals surface area contributed by atoms with Crippen molar-refractivity contribution in [3.63, 3.8) is 0 Å². The fourth-order valence-electron chi connectivity index (χ4n) is 2.32. The molecule has 0 spiro atoms. The van der Waals surface area contributed by atoms with Gasteiger partial charge in [-0.3, -0.25) is 0 Å². The lowest BCUT2D eigenvalue weighted by molar-refractivity contribution is 0.0353. The Morgan fingerprint density at radius 1 is 1.27 bits per heavy atom. The van der Waals surface area contributed by atoms with E-state index in [9.17, 15) is 8.42 Å². The van der Waals surface area contributed by atoms with Gasteiger partial charge in [0.05, 0.1) is 24.2 Å². The minimum Gasteiger partial charge on any atom is -0.379 e. The molecule has 5 nitrogen and oxygen atoms in total. The van der Waals surface area contributed by atoms with Crippen molar-refractivity contribution in [1.82, 2.24) is 4.72 Å². The molecule has 0 bridgehead atoms. The van der Waals surface area contributed by atoms with Crippen LogP contribution in [0.3, 0.4) is 0 Å². The van der Waals surface area contributed by atoms with Crippen LogP contribution in [0.1, 0.15) is 38.7 Å². The molecule has 1 saturated heterocycles. The average molecular weight is 327 g/mol. The van der Waals surface area contributed by atoms with Crippen LogP contribution in [0.15, 0.2) is 29.2 Å². The third kappa shape index (κ3) is 4.78. The van der Waals surface area contributed by atoms with E-state index in [0.717, 1.165) is 12.0 Å². The van der Waals surface area contributed by atoms with Crippen LogP contribution in [0.2, 0.25) is 0 Å². The number of sulfonamides is 1. The van der Waals surface area contributed by atoms with E-state index in [-0.39, 0.29) is 17.0 Å². The van der Waals surface area contributed by atoms with Gasteiger partial charge < -0.3 is 9.47 Å². The fourth-order valence-corrected chi connectivity index (χ4v) is 3.55. The molecule has 0 amide bonds. The minimum atomic E-state index is -3.51. The lowest BCUT2D eigenvalue weighted by Crippen LogP contribution is -2.37. The Balaban J connectivity index is 1.91. The fraction of sp³-hybridized carbons (Fsp3) is 0.625. The molecule has 124 valence electrons. The molecule has 2 rings (SSSR count). The first-order valence-electron chi connectivity index (χ1n) is 7.70. The third-order valence-corrected chi connectivity index (χ3v) is 5.29. The molecule has 1 fully saturated rings. The molecule has 0 aromatic heterocycles. The van der Waals surface area contributed by atoms with Crippen LogP contribution < -0.4 is 4.72 Å². The summed E-state index contributed by atoms with van der Waals surface area (Å²) < 4.78 is 38.2. The van der Waals surface area contributed by atoms with Crippen LogP contribution in [0, 0.1) is 0 Å². The summed E-state index contributed by atoms with van der Waals surface area (Å²) in [6, 6.07) is 6.73. The van der Waals surface area contributed by atoms with Gasteiger partial charge in [-0.1, -0.05) is 26.0 Å². The van der Waals surface area contributed by atoms with E-state index in [4.69, 9.17) is 9.47 Å². The van der Waals surface area contributed by atoms with Gasteiger partial charge in [0.25, 0.3) is 0 Å². The van der Waals surface area contributed by atoms with Gasteiger partial charge in [-0.15, -0.1) is 0 Å². The van der Waals surface area contributed by atoms with Crippen molar-refractivity contribution in [3.8, 4) is 0 Å². The molecular weight excluding hydrogens is 302 g/mol. The van der Waals surface area contributed by atoms with Crippen molar-refractivity contribution >= 4 is 10.0 Å². The Morgan fingerprint density at radius 3 is 2.50 bits per heavy atom. The predicted octanol–water partition coefficient (Wildman–Crippen LogP) is 2.28. The highest BCUT2D eigenvalue weighted by Gasteiger charge is 2.20. The molecule has 1 aliphatic heterocycles. The standard InChI is InChI=1S/C16H25NO4S/c1-12(2)14-4-6-16(7-5-14)22(18,19)17-13(3)10-21-15-8-9-20-11-15/h4-7,12-13,15,17H,8-11H2,1-3H3. The van der Waals surface area contributed by atoms with Gasteiger partial charge in [-0.25, -0.2) is 13.1 Å². The van der Waals surface area contributed by atoms with Crippen molar-refractivity contribution in [3.05, 3.63) is 29.8 Å². The maximum atomic E-state index is 12.3. The lowest BCUT2D eigenvalue weighted by atomic mass is 10.0. The molecule has 0 saturated carbocycles. The van der Waals surface area contributed by atoms with Crippen LogP contribution >= 0.6 is 0 Å². The Kier molecular flexibility index (Phi) is 5.97. The quantitative estimate of drug-likeness (QED) is 0.834. The molecule has 1 aromatic rings. The van der Waals surface area contributed by atoms with Gasteiger partial charge in [-0.2, -0.15) is 0 Å². The molecule has 1 aliphatic rings. The highest BCUT2D eigenvalue weighted by atomic mass is 32.2. The molecule has 0 aliphatic carbocycles. The van der Waals surface area contributed by atoms with Crippen LogP contribution in [0.4, 0.5) is 0 Å². The number of ether oxygens (including phenoxy) is 2. The first-order valence-corrected chi connectivity index (χ1v) is 9.18. The highest BCUT2D eigenvalue weighted by molar-refractivity contribution is 7.89. The SMILES string of the molecule is CC(COC1CCOC1)NS(=O)(=O)c1ccc(C(C)C)cc1. The zero-order chi connectivity index (χ0) is 16.2. The van der Waals surface area contributed by atoms with E-state index < -0.39 is 10.0 Å². The van der Waals surface area contributed by atoms with Crippen LogP contribution in [0.25, 0.3) is 0 Å². The van der Waals surface area contributed by atoms with E-state index in [2.05, 4.69) is 18.6 Å². The van der Waals surface area contributed by atoms with Crippen molar-refractivity contribution in [2.75, 3.05) is 19.8 Å². The predicted molar refractivity (Wildman–Crippen MR) is 85.5 cm³/mol. The summed E-state index contributed by atoms with van der Waals surface area (Å²) in [6.45, 7) is 7.61. The molecule has 2 atom stereocenters. The molecule has 1 N–H and O–H groups in total. The summed E-state index contributed by atoms with van der Waals surface area (Å²) >= 11 is 0. The van der Waals surface area contributed by atoms with Crippen molar-refractivity contribution in [2.45, 2.75) is 50.2 Å². The van der Waals surface area contributed by atoms with E-state index in [0.29, 0.717) is 25.7 Å². The van der Waals surface area contributed by atoms with Gasteiger partial charge in [0.2, 0.25) is 10.0 Å². The van der Waals surface area contributed by atoms with E-state index >= 15 is 0 Å². The van der Waals surface area contributed by atoms with Crippen LogP contribution in [0.5, 0.6) is 0 Å². The molecule has 6 heteroatoms. The van der Waals surface area contributed by atoms with Crippen LogP contribution in [-0.2, 0) is 19.5 Å². The zero-order valence-electron chi connectivity index (χ0n) is 13.4. The van der Waals surface area contributed by atoms with Crippen LogP contribution in [-0.4, -0.2) is 40.4 Å². The van der Waals surface area contributed by atoms with Gasteiger partial charge in [0.15, 0.2) is 0 Å². The Labute approximate surface area is 133 Å². The molecular formula is C16H25NO4S. The number of hydrogen-bond acceptors (Lipinski definition) is 4. The molecule has 2 unspecified atom stereocenters. The molecule has 0 radical (unpaired) electrons. The smallest absolute Gasteiger partial charge is 0.240 e. The summed E-state index contributed by atoms with van der Waals surface area (Å²) in [5.74, 6) is 0.380.